The first-order valence-corrected chi connectivity index (χ1v) is 4.47. The Kier molecular flexibility index (Phi) is 4.62. The van der Waals surface area contributed by atoms with Crippen LogP contribution in [-0.4, -0.2) is 11.4 Å². The zero-order chi connectivity index (χ0) is 11.5. The molecule has 4 N–H and O–H groups in total. The smallest absolute Gasteiger partial charge is 0.160 e. The van der Waals surface area contributed by atoms with E-state index in [0.717, 1.165) is 11.4 Å². The van der Waals surface area contributed by atoms with Crippen LogP contribution in [0.4, 0.5) is 5.69 Å². The number of aliphatic imine (C=N–C) groups is 1. The molecule has 5 nitrogen and oxygen atoms in total. The van der Waals surface area contributed by atoms with Crippen LogP contribution < -0.4 is 10.5 Å². The van der Waals surface area contributed by atoms with Gasteiger partial charge in [-0.25, -0.2) is 16.1 Å². The van der Waals surface area contributed by atoms with Crippen LogP contribution in [0, 0.1) is 11.1 Å². The lowest BCUT2D eigenvalue weighted by Gasteiger charge is -2.30. The molecule has 0 amide bonds. The van der Waals surface area contributed by atoms with Gasteiger partial charge in [-0.3, -0.25) is 0 Å². The van der Waals surface area contributed by atoms with Gasteiger partial charge >= 0.3 is 0 Å². The van der Waals surface area contributed by atoms with Gasteiger partial charge in [-0.15, -0.1) is 0 Å². The third-order valence-electron chi connectivity index (χ3n) is 2.09. The highest BCUT2D eigenvalue weighted by molar-refractivity contribution is 5.92. The number of nitrogens with zero attached hydrogens (tertiary/aromatic N) is 1. The van der Waals surface area contributed by atoms with Crippen molar-refractivity contribution in [1.82, 2.24) is 0 Å². The number of rotatable bonds is 0. The van der Waals surface area contributed by atoms with Gasteiger partial charge < -0.3 is 10.5 Å². The van der Waals surface area contributed by atoms with Crippen LogP contribution in [0.25, 0.3) is 0 Å². The summed E-state index contributed by atoms with van der Waals surface area (Å²) in [5.74, 6) is 1.31. The Morgan fingerprint density at radius 2 is 1.81 bits per heavy atom. The van der Waals surface area contributed by atoms with Crippen LogP contribution in [0.2, 0.25) is 0 Å². The highest BCUT2D eigenvalue weighted by Crippen LogP contribution is 2.34. The highest BCUT2D eigenvalue weighted by Gasteiger charge is 2.29. The quantitative estimate of drug-likeness (QED) is 0.588. The maximum absolute atomic E-state index is 5.75. The van der Waals surface area contributed by atoms with Gasteiger partial charge in [0.05, 0.1) is 0 Å². The van der Waals surface area contributed by atoms with Gasteiger partial charge in [0.2, 0.25) is 0 Å². The van der Waals surface area contributed by atoms with Crippen molar-refractivity contribution in [3.05, 3.63) is 24.3 Å². The molecular weight excluding hydrogens is 204 g/mol. The Labute approximate surface area is 95.6 Å². The number of hydrogen-bond donors (Lipinski definition) is 3. The molecule has 0 bridgehead atoms. The summed E-state index contributed by atoms with van der Waals surface area (Å²) in [4.78, 5) is 4.27. The van der Waals surface area contributed by atoms with E-state index >= 15 is 0 Å². The molecule has 0 radical (unpaired) electrons. The van der Waals surface area contributed by atoms with Crippen molar-refractivity contribution in [3.8, 4) is 5.75 Å². The maximum atomic E-state index is 5.75. The summed E-state index contributed by atoms with van der Waals surface area (Å²) in [6.07, 6.45) is 0. The minimum atomic E-state index is -0.492. The van der Waals surface area contributed by atoms with Crippen LogP contribution in [0.3, 0.4) is 0 Å². The predicted molar refractivity (Wildman–Crippen MR) is 64.6 cm³/mol. The minimum absolute atomic E-state index is 0. The molecule has 0 spiro atoms. The fourth-order valence-electron chi connectivity index (χ4n) is 1.23. The molecule has 1 aromatic rings. The van der Waals surface area contributed by atoms with E-state index in [1.54, 1.807) is 0 Å². The van der Waals surface area contributed by atoms with Gasteiger partial charge in [-0.2, -0.15) is 0 Å². The minimum Gasteiger partial charge on any atom is -0.478 e. The van der Waals surface area contributed by atoms with E-state index in [4.69, 9.17) is 21.5 Å². The number of amidine groups is 1. The number of hydrogen-bond acceptors (Lipinski definition) is 5. The molecule has 0 aromatic heterocycles. The lowest BCUT2D eigenvalue weighted by molar-refractivity contribution is 0.177. The Bertz CT molecular complexity index is 387. The summed E-state index contributed by atoms with van der Waals surface area (Å²) in [6, 6.07) is 7.62. The van der Waals surface area contributed by atoms with E-state index in [1.807, 2.05) is 38.1 Å². The second-order valence-corrected chi connectivity index (χ2v) is 3.58. The molecule has 5 heteroatoms. The van der Waals surface area contributed by atoms with E-state index in [2.05, 4.69) is 4.99 Å². The monoisotopic (exact) mass is 222 g/mol. The van der Waals surface area contributed by atoms with Crippen molar-refractivity contribution >= 4 is 11.5 Å². The molecule has 88 valence electrons. The van der Waals surface area contributed by atoms with Crippen molar-refractivity contribution in [1.29, 1.82) is 11.1 Å². The second kappa shape index (κ2) is 5.25. The molecule has 0 aliphatic carbocycles. The fraction of sp³-hybridized carbons (Fsp3) is 0.364. The van der Waals surface area contributed by atoms with Crippen LogP contribution >= 0.6 is 0 Å². The molecule has 16 heavy (non-hydrogen) atoms. The standard InChI is InChI=1S/C10H12N2O.CH4.H2N2/c1-10(2)9(11)12-7-5-3-4-6-8(7)13-10;;1-2/h3-6H,1-2H3,(H2,11,12);1H4;1-2H. The second-order valence-electron chi connectivity index (χ2n) is 3.58. The van der Waals surface area contributed by atoms with Gasteiger partial charge in [0, 0.05) is 0 Å². The molecule has 0 unspecified atom stereocenters. The first-order chi connectivity index (χ1) is 7.09. The molecule has 2 rings (SSSR count). The molecule has 1 aromatic carbocycles. The van der Waals surface area contributed by atoms with E-state index in [9.17, 15) is 0 Å². The summed E-state index contributed by atoms with van der Waals surface area (Å²) in [7, 11) is 0. The molecule has 0 saturated carbocycles. The highest BCUT2D eigenvalue weighted by atomic mass is 16.5. The number of ether oxygens (including phenoxy) is 1. The van der Waals surface area contributed by atoms with Gasteiger partial charge in [0.1, 0.15) is 17.3 Å². The normalized spacial score (nSPS) is 15.2. The summed E-state index contributed by atoms with van der Waals surface area (Å²) in [5, 5.41) is 0. The molecule has 0 fully saturated rings. The van der Waals surface area contributed by atoms with Crippen molar-refractivity contribution in [2.75, 3.05) is 0 Å². The van der Waals surface area contributed by atoms with Crippen molar-refractivity contribution in [3.63, 3.8) is 0 Å². The number of nitrogens with two attached hydrogens (primary N) is 1. The number of nitrogens with one attached hydrogen (secondary N) is 2. The van der Waals surface area contributed by atoms with Crippen LogP contribution in [-0.2, 0) is 0 Å². The summed E-state index contributed by atoms with van der Waals surface area (Å²) < 4.78 is 5.68. The van der Waals surface area contributed by atoms with Crippen LogP contribution in [0.1, 0.15) is 21.3 Å². The largest absolute Gasteiger partial charge is 0.478 e. The first-order valence-electron chi connectivity index (χ1n) is 4.47. The van der Waals surface area contributed by atoms with Crippen LogP contribution in [0.15, 0.2) is 29.3 Å². The number of para-hydroxylation sites is 2. The predicted octanol–water partition coefficient (Wildman–Crippen LogP) is 3.08. The average Bonchev–Trinajstić information content (AvgIpc) is 2.22. The maximum Gasteiger partial charge on any atom is 0.160 e. The van der Waals surface area contributed by atoms with Crippen molar-refractivity contribution < 1.29 is 4.74 Å². The average molecular weight is 222 g/mol. The lowest BCUT2D eigenvalue weighted by atomic mass is 10.1. The topological polar surface area (TPSA) is 95.3 Å². The van der Waals surface area contributed by atoms with Gasteiger partial charge in [-0.1, -0.05) is 19.6 Å². The zero-order valence-electron chi connectivity index (χ0n) is 8.74. The Hall–Kier alpha value is -1.91. The van der Waals surface area contributed by atoms with E-state index < -0.39 is 5.60 Å². The van der Waals surface area contributed by atoms with Gasteiger partial charge in [0.25, 0.3) is 0 Å². The van der Waals surface area contributed by atoms with Crippen molar-refractivity contribution in [2.24, 2.45) is 10.7 Å². The number of benzene rings is 1. The molecule has 0 atom stereocenters. The lowest BCUT2D eigenvalue weighted by Crippen LogP contribution is -2.45. The summed E-state index contributed by atoms with van der Waals surface area (Å²) in [6.45, 7) is 3.81. The Balaban J connectivity index is 0.000000711. The van der Waals surface area contributed by atoms with E-state index in [0.29, 0.717) is 5.84 Å². The SMILES string of the molecule is C.CC1(C)Oc2ccccc2N=C1N.N=N. The molecule has 1 aliphatic rings. The van der Waals surface area contributed by atoms with Gasteiger partial charge in [-0.05, 0) is 26.0 Å². The number of fused-ring (bicyclic) bond motifs is 1. The summed E-state index contributed by atoms with van der Waals surface area (Å²) >= 11 is 0. The first kappa shape index (κ1) is 14.1. The zero-order valence-corrected chi connectivity index (χ0v) is 8.74. The summed E-state index contributed by atoms with van der Waals surface area (Å²) in [5.41, 5.74) is 16.1. The third kappa shape index (κ3) is 2.56. The molecular formula is C11H18N4O. The third-order valence-corrected chi connectivity index (χ3v) is 2.09. The Morgan fingerprint density at radius 3 is 2.44 bits per heavy atom. The van der Waals surface area contributed by atoms with Crippen molar-refractivity contribution in [2.45, 2.75) is 26.9 Å². The molecule has 1 aliphatic heterocycles. The van der Waals surface area contributed by atoms with Gasteiger partial charge in [0.15, 0.2) is 5.60 Å². The van der Waals surface area contributed by atoms with E-state index in [1.165, 1.54) is 0 Å². The fourth-order valence-corrected chi connectivity index (χ4v) is 1.23. The Morgan fingerprint density at radius 1 is 1.25 bits per heavy atom. The van der Waals surface area contributed by atoms with E-state index in [-0.39, 0.29) is 7.43 Å². The molecule has 1 heterocycles. The molecule has 0 saturated heterocycles. The van der Waals surface area contributed by atoms with Crippen LogP contribution in [0.5, 0.6) is 5.75 Å².